The second-order valence-electron chi connectivity index (χ2n) is 3.81. The maximum absolute atomic E-state index is 3.57. The van der Waals surface area contributed by atoms with Crippen LogP contribution in [0.5, 0.6) is 0 Å². The Labute approximate surface area is 88.6 Å². The summed E-state index contributed by atoms with van der Waals surface area (Å²) in [4.78, 5) is 0. The first kappa shape index (κ1) is 11.9. The molecule has 68 valence electrons. The van der Waals surface area contributed by atoms with Crippen LogP contribution >= 0.6 is 15.9 Å². The number of hydrogen-bond acceptors (Lipinski definition) is 0. The molecule has 1 atom stereocenters. The summed E-state index contributed by atoms with van der Waals surface area (Å²) < 4.78 is 1.21. The van der Waals surface area contributed by atoms with Gasteiger partial charge < -0.3 is 21.5 Å². The predicted octanol–water partition coefficient (Wildman–Crippen LogP) is -0.986. The largest absolute Gasteiger partial charge is 1.00 e. The van der Waals surface area contributed by atoms with Crippen LogP contribution in [0.2, 0.25) is 0 Å². The van der Waals surface area contributed by atoms with Crippen LogP contribution in [0.25, 0.3) is 0 Å². The van der Waals surface area contributed by atoms with Crippen molar-refractivity contribution < 1.29 is 21.5 Å². The summed E-state index contributed by atoms with van der Waals surface area (Å²) in [5.74, 6) is 0. The van der Waals surface area contributed by atoms with Crippen LogP contribution in [-0.2, 0) is 0 Å². The van der Waals surface area contributed by atoms with Crippen LogP contribution in [0.15, 0.2) is 0 Å². The van der Waals surface area contributed by atoms with Crippen LogP contribution in [0.3, 0.4) is 0 Å². The highest BCUT2D eigenvalue weighted by molar-refractivity contribution is 9.09. The average molecular weight is 287 g/mol. The number of alkyl halides is 1. The molecule has 1 nitrogen and oxygen atoms in total. The highest BCUT2D eigenvalue weighted by Crippen LogP contribution is 2.22. The Morgan fingerprint density at radius 2 is 2.00 bits per heavy atom. The van der Waals surface area contributed by atoms with Gasteiger partial charge in [0.05, 0.1) is 32.0 Å². The van der Waals surface area contributed by atoms with Crippen LogP contribution in [0.4, 0.5) is 0 Å². The summed E-state index contributed by atoms with van der Waals surface area (Å²) in [6, 6.07) is 0.855. The summed E-state index contributed by atoms with van der Waals surface area (Å²) >= 11 is 3.57. The SMILES string of the molecule is C[N+]1(C)CCCCC1CBr.[Br-]. The minimum absolute atomic E-state index is 0. The Bertz CT molecular complexity index is 115. The molecule has 0 aromatic carbocycles. The molecule has 0 saturated carbocycles. The Balaban J connectivity index is 0.000001000. The lowest BCUT2D eigenvalue weighted by Crippen LogP contribution is -3.00. The molecule has 1 saturated heterocycles. The normalized spacial score (nSPS) is 29.2. The smallest absolute Gasteiger partial charge is 0.0984 e. The van der Waals surface area contributed by atoms with Gasteiger partial charge in [0.1, 0.15) is 0 Å². The van der Waals surface area contributed by atoms with Crippen LogP contribution in [0, 0.1) is 0 Å². The molecule has 3 heteroatoms. The Morgan fingerprint density at radius 1 is 1.36 bits per heavy atom. The fourth-order valence-corrected chi connectivity index (χ4v) is 2.80. The van der Waals surface area contributed by atoms with E-state index in [-0.39, 0.29) is 17.0 Å². The van der Waals surface area contributed by atoms with E-state index in [2.05, 4.69) is 30.0 Å². The molecule has 1 heterocycles. The molecule has 0 N–H and O–H groups in total. The molecule has 0 amide bonds. The minimum atomic E-state index is 0. The number of likely N-dealkylation sites (tertiary alicyclic amines) is 1. The summed E-state index contributed by atoms with van der Waals surface area (Å²) in [6.07, 6.45) is 4.24. The fraction of sp³-hybridized carbons (Fsp3) is 1.00. The van der Waals surface area contributed by atoms with E-state index in [0.717, 1.165) is 6.04 Å². The number of rotatable bonds is 1. The van der Waals surface area contributed by atoms with Gasteiger partial charge in [0, 0.05) is 6.42 Å². The number of nitrogens with zero attached hydrogens (tertiary/aromatic N) is 1. The molecule has 1 rings (SSSR count). The Kier molecular flexibility index (Phi) is 5.23. The molecule has 1 unspecified atom stereocenters. The van der Waals surface area contributed by atoms with Crippen molar-refractivity contribution in [1.29, 1.82) is 0 Å². The molecular weight excluding hydrogens is 270 g/mol. The van der Waals surface area contributed by atoms with Gasteiger partial charge in [0.15, 0.2) is 0 Å². The first-order valence-electron chi connectivity index (χ1n) is 4.05. The molecule has 0 spiro atoms. The van der Waals surface area contributed by atoms with Gasteiger partial charge >= 0.3 is 0 Å². The van der Waals surface area contributed by atoms with E-state index in [9.17, 15) is 0 Å². The van der Waals surface area contributed by atoms with Crippen LogP contribution < -0.4 is 17.0 Å². The van der Waals surface area contributed by atoms with Gasteiger partial charge in [0.2, 0.25) is 0 Å². The van der Waals surface area contributed by atoms with E-state index in [0.29, 0.717) is 0 Å². The molecule has 0 aromatic heterocycles. The van der Waals surface area contributed by atoms with Crippen LogP contribution in [-0.4, -0.2) is 36.5 Å². The van der Waals surface area contributed by atoms with E-state index in [1.54, 1.807) is 0 Å². The van der Waals surface area contributed by atoms with Crippen molar-refractivity contribution in [1.82, 2.24) is 0 Å². The Hall–Kier alpha value is 0.920. The van der Waals surface area contributed by atoms with Crippen molar-refractivity contribution in [2.45, 2.75) is 25.3 Å². The third-order valence-electron chi connectivity index (χ3n) is 2.69. The average Bonchev–Trinajstić information content (AvgIpc) is 1.87. The lowest BCUT2D eigenvalue weighted by atomic mass is 10.0. The zero-order valence-corrected chi connectivity index (χ0v) is 10.5. The number of halogens is 2. The summed E-state index contributed by atoms with van der Waals surface area (Å²) in [7, 11) is 4.68. The van der Waals surface area contributed by atoms with E-state index in [4.69, 9.17) is 0 Å². The monoisotopic (exact) mass is 285 g/mol. The standard InChI is InChI=1S/C8H17BrN.BrH/c1-10(2)6-4-3-5-8(10)7-9;/h8H,3-7H2,1-2H3;1H/q+1;/p-1. The van der Waals surface area contributed by atoms with Gasteiger partial charge in [-0.3, -0.25) is 0 Å². The van der Waals surface area contributed by atoms with Crippen molar-refractivity contribution in [3.63, 3.8) is 0 Å². The zero-order valence-electron chi connectivity index (χ0n) is 7.32. The molecule has 0 aromatic rings. The summed E-state index contributed by atoms with van der Waals surface area (Å²) in [6.45, 7) is 1.36. The van der Waals surface area contributed by atoms with E-state index in [1.165, 1.54) is 35.6 Å². The third-order valence-corrected chi connectivity index (χ3v) is 3.44. The first-order valence-corrected chi connectivity index (χ1v) is 5.17. The molecular formula is C8H17Br2N. The fourth-order valence-electron chi connectivity index (χ4n) is 1.70. The molecule has 0 radical (unpaired) electrons. The van der Waals surface area contributed by atoms with Crippen molar-refractivity contribution in [2.75, 3.05) is 26.0 Å². The number of quaternary nitrogens is 1. The maximum Gasteiger partial charge on any atom is 0.0984 e. The molecule has 1 fully saturated rings. The van der Waals surface area contributed by atoms with Gasteiger partial charge in [-0.05, 0) is 12.8 Å². The van der Waals surface area contributed by atoms with Crippen molar-refractivity contribution >= 4 is 15.9 Å². The molecule has 1 aliphatic heterocycles. The van der Waals surface area contributed by atoms with Gasteiger partial charge in [-0.25, -0.2) is 0 Å². The maximum atomic E-state index is 3.57. The van der Waals surface area contributed by atoms with E-state index >= 15 is 0 Å². The molecule has 0 bridgehead atoms. The quantitative estimate of drug-likeness (QED) is 0.429. The van der Waals surface area contributed by atoms with Gasteiger partial charge in [-0.2, -0.15) is 0 Å². The lowest BCUT2D eigenvalue weighted by molar-refractivity contribution is -0.917. The highest BCUT2D eigenvalue weighted by Gasteiger charge is 2.29. The third kappa shape index (κ3) is 3.03. The van der Waals surface area contributed by atoms with Gasteiger partial charge in [-0.1, -0.05) is 15.9 Å². The van der Waals surface area contributed by atoms with Crippen molar-refractivity contribution in [2.24, 2.45) is 0 Å². The van der Waals surface area contributed by atoms with Crippen LogP contribution in [0.1, 0.15) is 19.3 Å². The molecule has 0 aliphatic carbocycles. The van der Waals surface area contributed by atoms with E-state index in [1.807, 2.05) is 0 Å². The van der Waals surface area contributed by atoms with Gasteiger partial charge in [-0.15, -0.1) is 0 Å². The summed E-state index contributed by atoms with van der Waals surface area (Å²) in [5.41, 5.74) is 0. The second-order valence-corrected chi connectivity index (χ2v) is 4.45. The Morgan fingerprint density at radius 3 is 2.36 bits per heavy atom. The van der Waals surface area contributed by atoms with Crippen molar-refractivity contribution in [3.05, 3.63) is 0 Å². The van der Waals surface area contributed by atoms with E-state index < -0.39 is 0 Å². The summed E-state index contributed by atoms with van der Waals surface area (Å²) in [5, 5.41) is 1.17. The highest BCUT2D eigenvalue weighted by atomic mass is 79.9. The minimum Gasteiger partial charge on any atom is -1.00 e. The number of piperidine rings is 1. The second kappa shape index (κ2) is 4.83. The first-order chi connectivity index (χ1) is 4.67. The lowest BCUT2D eigenvalue weighted by Gasteiger charge is -2.40. The predicted molar refractivity (Wildman–Crippen MR) is 48.4 cm³/mol. The zero-order chi connectivity index (χ0) is 7.61. The molecule has 11 heavy (non-hydrogen) atoms. The topological polar surface area (TPSA) is 0 Å². The van der Waals surface area contributed by atoms with Crippen molar-refractivity contribution in [3.8, 4) is 0 Å². The van der Waals surface area contributed by atoms with Gasteiger partial charge in [0.25, 0.3) is 0 Å². The number of hydrogen-bond donors (Lipinski definition) is 0. The molecule has 1 aliphatic rings.